The van der Waals surface area contributed by atoms with Gasteiger partial charge in [-0.3, -0.25) is 19.7 Å². The molecule has 1 saturated heterocycles. The van der Waals surface area contributed by atoms with E-state index in [9.17, 15) is 18.8 Å². The average molecular weight is 624 g/mol. The number of imide groups is 1. The standard InChI is InChI=1S/C29H36ClFN3O7P/c1-18(2)39-29(37)20(4)33-42(41-23-9-6-21(7-10-23)25-11-8-22(30)15-26(25)31)38-16-24-14-19(3)28(40-24)34(5)13-12-27(36)32-17-35/h6-13,15,17-20,24,28,33H,14,16H2,1-5H3,(H,32,35,36)/b13-12-/t19?,20-,24?,28?,42?/m0/s1. The van der Waals surface area contributed by atoms with Gasteiger partial charge in [0.2, 0.25) is 6.41 Å². The lowest BCUT2D eigenvalue weighted by molar-refractivity contribution is -0.149. The van der Waals surface area contributed by atoms with Gasteiger partial charge in [0.15, 0.2) is 0 Å². The van der Waals surface area contributed by atoms with Gasteiger partial charge in [-0.1, -0.05) is 30.7 Å². The molecule has 10 nitrogen and oxygen atoms in total. The molecule has 42 heavy (non-hydrogen) atoms. The number of hydrogen-bond acceptors (Lipinski definition) is 9. The molecule has 1 aliphatic heterocycles. The first-order valence-electron chi connectivity index (χ1n) is 13.4. The maximum Gasteiger partial charge on any atom is 0.323 e. The van der Waals surface area contributed by atoms with Gasteiger partial charge in [-0.25, -0.2) is 9.48 Å². The Labute approximate surface area is 251 Å². The molecule has 0 aliphatic carbocycles. The van der Waals surface area contributed by atoms with Crippen molar-refractivity contribution in [3.63, 3.8) is 0 Å². The molecule has 0 bridgehead atoms. The van der Waals surface area contributed by atoms with E-state index in [0.29, 0.717) is 34.7 Å². The van der Waals surface area contributed by atoms with Crippen molar-refractivity contribution in [2.24, 2.45) is 5.92 Å². The third-order valence-corrected chi connectivity index (χ3v) is 7.78. The summed E-state index contributed by atoms with van der Waals surface area (Å²) < 4.78 is 38.0. The van der Waals surface area contributed by atoms with Gasteiger partial charge in [0, 0.05) is 35.8 Å². The van der Waals surface area contributed by atoms with Gasteiger partial charge in [0.25, 0.3) is 5.91 Å². The van der Waals surface area contributed by atoms with E-state index in [-0.39, 0.29) is 31.0 Å². The molecule has 0 radical (unpaired) electrons. The normalized spacial score (nSPS) is 19.9. The number of halogens is 2. The number of nitrogens with zero attached hydrogens (tertiary/aromatic N) is 1. The Hall–Kier alpha value is -3.08. The van der Waals surface area contributed by atoms with Gasteiger partial charge in [0.05, 0.1) is 18.8 Å². The second-order valence-electron chi connectivity index (χ2n) is 10.1. The fourth-order valence-electron chi connectivity index (χ4n) is 4.20. The molecule has 3 rings (SSSR count). The topological polar surface area (TPSA) is 115 Å². The molecular formula is C29H36ClFN3O7P. The molecule has 4 unspecified atom stereocenters. The molecule has 0 saturated carbocycles. The Morgan fingerprint density at radius 2 is 1.93 bits per heavy atom. The van der Waals surface area contributed by atoms with Crippen LogP contribution in [0.2, 0.25) is 5.02 Å². The summed E-state index contributed by atoms with van der Waals surface area (Å²) in [5.74, 6) is -0.851. The summed E-state index contributed by atoms with van der Waals surface area (Å²) in [5, 5.41) is 5.43. The molecule has 2 aromatic rings. The number of carbonyl (C=O) groups excluding carboxylic acids is 3. The summed E-state index contributed by atoms with van der Waals surface area (Å²) in [6, 6.07) is 10.6. The predicted molar refractivity (Wildman–Crippen MR) is 158 cm³/mol. The molecular weight excluding hydrogens is 588 g/mol. The Morgan fingerprint density at radius 1 is 1.21 bits per heavy atom. The van der Waals surface area contributed by atoms with Gasteiger partial charge in [-0.15, -0.1) is 0 Å². The number of rotatable bonds is 14. The molecule has 228 valence electrons. The van der Waals surface area contributed by atoms with Crippen molar-refractivity contribution in [3.8, 4) is 16.9 Å². The first kappa shape index (κ1) is 33.4. The Balaban J connectivity index is 1.67. The van der Waals surface area contributed by atoms with Crippen molar-refractivity contribution < 1.29 is 37.3 Å². The van der Waals surface area contributed by atoms with E-state index in [1.54, 1.807) is 75.3 Å². The van der Waals surface area contributed by atoms with Gasteiger partial charge in [-0.2, -0.15) is 0 Å². The number of ether oxygens (including phenoxy) is 2. The minimum absolute atomic E-state index is 0.114. The van der Waals surface area contributed by atoms with Crippen molar-refractivity contribution in [3.05, 3.63) is 65.6 Å². The maximum absolute atomic E-state index is 14.4. The van der Waals surface area contributed by atoms with E-state index in [1.165, 1.54) is 12.1 Å². The van der Waals surface area contributed by atoms with Crippen molar-refractivity contribution in [2.45, 2.75) is 58.6 Å². The highest BCUT2D eigenvalue weighted by atomic mass is 35.5. The Bertz CT molecular complexity index is 1250. The quantitative estimate of drug-likeness (QED) is 0.127. The number of benzene rings is 2. The monoisotopic (exact) mass is 623 g/mol. The highest BCUT2D eigenvalue weighted by molar-refractivity contribution is 7.45. The lowest BCUT2D eigenvalue weighted by Crippen LogP contribution is -2.35. The van der Waals surface area contributed by atoms with Crippen LogP contribution in [-0.4, -0.2) is 61.3 Å². The maximum atomic E-state index is 14.4. The number of esters is 1. The molecule has 1 fully saturated rings. The number of nitrogens with one attached hydrogen (secondary N) is 2. The van der Waals surface area contributed by atoms with Crippen molar-refractivity contribution in [1.82, 2.24) is 15.3 Å². The smallest absolute Gasteiger partial charge is 0.323 e. The zero-order valence-corrected chi connectivity index (χ0v) is 25.7. The molecule has 2 aromatic carbocycles. The molecule has 0 spiro atoms. The highest BCUT2D eigenvalue weighted by Gasteiger charge is 2.35. The van der Waals surface area contributed by atoms with Gasteiger partial charge >= 0.3 is 14.5 Å². The van der Waals surface area contributed by atoms with Gasteiger partial charge in [0.1, 0.15) is 23.8 Å². The third-order valence-electron chi connectivity index (χ3n) is 6.18. The van der Waals surface area contributed by atoms with E-state index in [1.807, 2.05) is 12.2 Å². The lowest BCUT2D eigenvalue weighted by Gasteiger charge is -2.26. The van der Waals surface area contributed by atoms with E-state index in [2.05, 4.69) is 5.09 Å². The molecule has 1 heterocycles. The van der Waals surface area contributed by atoms with Crippen LogP contribution in [0.1, 0.15) is 34.1 Å². The average Bonchev–Trinajstić information content (AvgIpc) is 3.31. The number of amides is 2. The molecule has 2 N–H and O–H groups in total. The molecule has 5 atom stereocenters. The second-order valence-corrected chi connectivity index (χ2v) is 11.7. The van der Waals surface area contributed by atoms with Crippen LogP contribution in [0.3, 0.4) is 0 Å². The first-order valence-corrected chi connectivity index (χ1v) is 14.9. The van der Waals surface area contributed by atoms with Crippen LogP contribution in [-0.2, 0) is 28.4 Å². The van der Waals surface area contributed by atoms with Crippen LogP contribution in [0.25, 0.3) is 11.1 Å². The van der Waals surface area contributed by atoms with Crippen molar-refractivity contribution in [2.75, 3.05) is 13.7 Å². The summed E-state index contributed by atoms with van der Waals surface area (Å²) >= 11 is 5.87. The van der Waals surface area contributed by atoms with Gasteiger partial charge < -0.3 is 23.4 Å². The molecule has 2 amide bonds. The zero-order valence-electron chi connectivity index (χ0n) is 24.1. The summed E-state index contributed by atoms with van der Waals surface area (Å²) in [7, 11) is -0.0518. The van der Waals surface area contributed by atoms with Crippen molar-refractivity contribution in [1.29, 1.82) is 0 Å². The molecule has 1 aliphatic rings. The summed E-state index contributed by atoms with van der Waals surface area (Å²) in [5.41, 5.74) is 1.05. The second kappa shape index (κ2) is 16.0. The Kier molecular flexibility index (Phi) is 12.7. The fourth-order valence-corrected chi connectivity index (χ4v) is 5.57. The summed E-state index contributed by atoms with van der Waals surface area (Å²) in [6.45, 7) is 7.38. The van der Waals surface area contributed by atoms with Gasteiger partial charge in [-0.05, 0) is 63.1 Å². The van der Waals surface area contributed by atoms with Crippen LogP contribution in [0.4, 0.5) is 4.39 Å². The predicted octanol–water partition coefficient (Wildman–Crippen LogP) is 5.17. The third kappa shape index (κ3) is 10.0. The summed E-state index contributed by atoms with van der Waals surface area (Å²) in [4.78, 5) is 36.2. The largest absolute Gasteiger partial charge is 0.462 e. The molecule has 13 heteroatoms. The van der Waals surface area contributed by atoms with Crippen LogP contribution in [0.5, 0.6) is 5.75 Å². The Morgan fingerprint density at radius 3 is 2.57 bits per heavy atom. The van der Waals surface area contributed by atoms with E-state index >= 15 is 0 Å². The summed E-state index contributed by atoms with van der Waals surface area (Å²) in [6.07, 6.45) is 2.90. The van der Waals surface area contributed by atoms with E-state index in [0.717, 1.165) is 0 Å². The van der Waals surface area contributed by atoms with Crippen LogP contribution in [0.15, 0.2) is 54.7 Å². The van der Waals surface area contributed by atoms with Crippen LogP contribution in [0, 0.1) is 11.7 Å². The van der Waals surface area contributed by atoms with Crippen LogP contribution < -0.4 is 14.9 Å². The lowest BCUT2D eigenvalue weighted by atomic mass is 10.1. The van der Waals surface area contributed by atoms with E-state index in [4.69, 9.17) is 30.1 Å². The van der Waals surface area contributed by atoms with Crippen molar-refractivity contribution >= 4 is 38.4 Å². The minimum Gasteiger partial charge on any atom is -0.462 e. The first-order chi connectivity index (χ1) is 20.0. The zero-order chi connectivity index (χ0) is 30.8. The minimum atomic E-state index is -1.82. The number of hydrogen-bond donors (Lipinski definition) is 2. The number of carbonyl (C=O) groups is 3. The SMILES string of the molecule is CC(C)OC(=O)[C@H](C)NP(OCC1CC(C)C(N(C)/C=C\C(=O)NC=O)O1)Oc1ccc(-c2ccc(Cl)cc2F)cc1. The van der Waals surface area contributed by atoms with Crippen LogP contribution >= 0.6 is 20.1 Å². The van der Waals surface area contributed by atoms with E-state index < -0.39 is 32.3 Å². The fraction of sp³-hybridized carbons (Fsp3) is 0.414. The molecule has 0 aromatic heterocycles. The highest BCUT2D eigenvalue weighted by Crippen LogP contribution is 2.39.